The summed E-state index contributed by atoms with van der Waals surface area (Å²) in [5.74, 6) is -0.0802. The molecule has 0 aromatic heterocycles. The fourth-order valence-corrected chi connectivity index (χ4v) is 2.45. The van der Waals surface area contributed by atoms with Crippen molar-refractivity contribution in [1.29, 1.82) is 0 Å². The van der Waals surface area contributed by atoms with Crippen LogP contribution in [0.1, 0.15) is 16.7 Å². The SMILES string of the molecule is O=C(NCc1ccccc1CO)C1=Cc2cc(F)ccc2OC1. The van der Waals surface area contributed by atoms with E-state index in [0.717, 1.165) is 11.1 Å². The van der Waals surface area contributed by atoms with Gasteiger partial charge in [0.25, 0.3) is 5.91 Å². The van der Waals surface area contributed by atoms with Gasteiger partial charge in [-0.25, -0.2) is 4.39 Å². The first-order valence-electron chi connectivity index (χ1n) is 7.26. The number of benzene rings is 2. The number of amides is 1. The van der Waals surface area contributed by atoms with E-state index in [2.05, 4.69) is 5.32 Å². The van der Waals surface area contributed by atoms with Crippen molar-refractivity contribution in [3.63, 3.8) is 0 Å². The average molecular weight is 313 g/mol. The average Bonchev–Trinajstić information content (AvgIpc) is 2.59. The number of aliphatic hydroxyl groups is 1. The third-order valence-corrected chi connectivity index (χ3v) is 3.70. The molecule has 2 aromatic rings. The summed E-state index contributed by atoms with van der Waals surface area (Å²) in [5.41, 5.74) is 2.61. The van der Waals surface area contributed by atoms with Crippen LogP contribution in [0.4, 0.5) is 4.39 Å². The Bertz CT molecular complexity index is 771. The van der Waals surface area contributed by atoms with E-state index in [9.17, 15) is 14.3 Å². The summed E-state index contributed by atoms with van der Waals surface area (Å²) in [4.78, 5) is 12.3. The van der Waals surface area contributed by atoms with Gasteiger partial charge in [-0.1, -0.05) is 24.3 Å². The molecule has 0 saturated heterocycles. The highest BCUT2D eigenvalue weighted by Gasteiger charge is 2.17. The predicted octanol–water partition coefficient (Wildman–Crippen LogP) is 2.41. The van der Waals surface area contributed by atoms with Gasteiger partial charge in [-0.2, -0.15) is 0 Å². The number of nitrogens with one attached hydrogen (secondary N) is 1. The second-order valence-electron chi connectivity index (χ2n) is 5.25. The highest BCUT2D eigenvalue weighted by molar-refractivity contribution is 5.99. The zero-order valence-corrected chi connectivity index (χ0v) is 12.4. The molecule has 1 aliphatic heterocycles. The molecule has 0 unspecified atom stereocenters. The molecule has 4 nitrogen and oxygen atoms in total. The molecule has 0 fully saturated rings. The van der Waals surface area contributed by atoms with Crippen LogP contribution in [0, 0.1) is 5.82 Å². The second-order valence-corrected chi connectivity index (χ2v) is 5.25. The van der Waals surface area contributed by atoms with Crippen molar-refractivity contribution in [2.75, 3.05) is 6.61 Å². The number of hydrogen-bond acceptors (Lipinski definition) is 3. The Kier molecular flexibility index (Phi) is 4.39. The molecular weight excluding hydrogens is 297 g/mol. The summed E-state index contributed by atoms with van der Waals surface area (Å²) in [6.07, 6.45) is 1.63. The largest absolute Gasteiger partial charge is 0.488 e. The maximum absolute atomic E-state index is 13.3. The summed E-state index contributed by atoms with van der Waals surface area (Å²) >= 11 is 0. The number of carbonyl (C=O) groups excluding carboxylic acids is 1. The topological polar surface area (TPSA) is 58.6 Å². The Morgan fingerprint density at radius 1 is 1.22 bits per heavy atom. The van der Waals surface area contributed by atoms with Gasteiger partial charge in [-0.3, -0.25) is 4.79 Å². The highest BCUT2D eigenvalue weighted by atomic mass is 19.1. The van der Waals surface area contributed by atoms with Crippen LogP contribution >= 0.6 is 0 Å². The molecule has 5 heteroatoms. The molecule has 1 amide bonds. The third-order valence-electron chi connectivity index (χ3n) is 3.70. The molecule has 0 radical (unpaired) electrons. The molecular formula is C18H16FNO3. The van der Waals surface area contributed by atoms with Crippen molar-refractivity contribution >= 4 is 12.0 Å². The Hall–Kier alpha value is -2.66. The number of carbonyl (C=O) groups is 1. The Morgan fingerprint density at radius 2 is 2.00 bits per heavy atom. The molecule has 0 bridgehead atoms. The Balaban J connectivity index is 1.72. The molecule has 1 heterocycles. The monoisotopic (exact) mass is 313 g/mol. The number of rotatable bonds is 4. The van der Waals surface area contributed by atoms with E-state index in [4.69, 9.17) is 4.74 Å². The van der Waals surface area contributed by atoms with Gasteiger partial charge in [0, 0.05) is 12.1 Å². The minimum Gasteiger partial charge on any atom is -0.488 e. The van der Waals surface area contributed by atoms with Crippen molar-refractivity contribution in [1.82, 2.24) is 5.32 Å². The lowest BCUT2D eigenvalue weighted by Gasteiger charge is -2.18. The van der Waals surface area contributed by atoms with Gasteiger partial charge in [0.1, 0.15) is 18.2 Å². The zero-order chi connectivity index (χ0) is 16.2. The van der Waals surface area contributed by atoms with E-state index in [1.165, 1.54) is 12.1 Å². The lowest BCUT2D eigenvalue weighted by atomic mass is 10.1. The molecule has 3 rings (SSSR count). The minimum absolute atomic E-state index is 0.0789. The molecule has 118 valence electrons. The van der Waals surface area contributed by atoms with Crippen LogP contribution in [0.2, 0.25) is 0 Å². The Morgan fingerprint density at radius 3 is 2.78 bits per heavy atom. The van der Waals surface area contributed by atoms with Crippen molar-refractivity contribution in [2.45, 2.75) is 13.2 Å². The first-order chi connectivity index (χ1) is 11.2. The van der Waals surface area contributed by atoms with E-state index in [0.29, 0.717) is 23.4 Å². The summed E-state index contributed by atoms with van der Waals surface area (Å²) in [6, 6.07) is 11.5. The second kappa shape index (κ2) is 6.62. The maximum Gasteiger partial charge on any atom is 0.250 e. The molecule has 0 atom stereocenters. The van der Waals surface area contributed by atoms with Crippen molar-refractivity contribution in [2.24, 2.45) is 0 Å². The van der Waals surface area contributed by atoms with Crippen LogP contribution in [-0.4, -0.2) is 17.6 Å². The van der Waals surface area contributed by atoms with Crippen LogP contribution in [0.5, 0.6) is 5.75 Å². The lowest BCUT2D eigenvalue weighted by molar-refractivity contribution is -0.117. The molecule has 2 N–H and O–H groups in total. The smallest absolute Gasteiger partial charge is 0.250 e. The van der Waals surface area contributed by atoms with E-state index in [1.54, 1.807) is 12.1 Å². The van der Waals surface area contributed by atoms with E-state index >= 15 is 0 Å². The van der Waals surface area contributed by atoms with E-state index < -0.39 is 0 Å². The van der Waals surface area contributed by atoms with Crippen LogP contribution in [-0.2, 0) is 17.9 Å². The predicted molar refractivity (Wildman–Crippen MR) is 84.1 cm³/mol. The first kappa shape index (κ1) is 15.2. The van der Waals surface area contributed by atoms with Gasteiger partial charge < -0.3 is 15.2 Å². The normalized spacial score (nSPS) is 12.9. The summed E-state index contributed by atoms with van der Waals surface area (Å²) in [7, 11) is 0. The third kappa shape index (κ3) is 3.40. The van der Waals surface area contributed by atoms with Crippen LogP contribution in [0.15, 0.2) is 48.0 Å². The number of fused-ring (bicyclic) bond motifs is 1. The highest BCUT2D eigenvalue weighted by Crippen LogP contribution is 2.27. The molecule has 1 aliphatic rings. The quantitative estimate of drug-likeness (QED) is 0.911. The van der Waals surface area contributed by atoms with E-state index in [-0.39, 0.29) is 24.9 Å². The van der Waals surface area contributed by atoms with Gasteiger partial charge in [0.15, 0.2) is 0 Å². The fraction of sp³-hybridized carbons (Fsp3) is 0.167. The summed E-state index contributed by atoms with van der Waals surface area (Å²) < 4.78 is 18.7. The number of halogens is 1. The van der Waals surface area contributed by atoms with Crippen LogP contribution < -0.4 is 10.1 Å². The lowest BCUT2D eigenvalue weighted by Crippen LogP contribution is -2.28. The number of ether oxygens (including phenoxy) is 1. The maximum atomic E-state index is 13.3. The van der Waals surface area contributed by atoms with Gasteiger partial charge >= 0.3 is 0 Å². The van der Waals surface area contributed by atoms with Gasteiger partial charge in [-0.15, -0.1) is 0 Å². The van der Waals surface area contributed by atoms with Crippen molar-refractivity contribution in [3.8, 4) is 5.75 Å². The fourth-order valence-electron chi connectivity index (χ4n) is 2.45. The van der Waals surface area contributed by atoms with Crippen LogP contribution in [0.25, 0.3) is 6.08 Å². The zero-order valence-electron chi connectivity index (χ0n) is 12.4. The number of aliphatic hydroxyl groups excluding tert-OH is 1. The van der Waals surface area contributed by atoms with E-state index in [1.807, 2.05) is 24.3 Å². The molecule has 0 spiro atoms. The molecule has 0 aliphatic carbocycles. The minimum atomic E-state index is -0.373. The van der Waals surface area contributed by atoms with Gasteiger partial charge in [0.05, 0.1) is 12.2 Å². The Labute approximate surface area is 133 Å². The standard InChI is InChI=1S/C18H16FNO3/c19-16-5-6-17-14(8-16)7-15(11-23-17)18(22)20-9-12-3-1-2-4-13(12)10-21/h1-8,21H,9-11H2,(H,20,22). The first-order valence-corrected chi connectivity index (χ1v) is 7.26. The summed E-state index contributed by atoms with van der Waals surface area (Å²) in [6.45, 7) is 0.375. The molecule has 0 saturated carbocycles. The van der Waals surface area contributed by atoms with Crippen molar-refractivity contribution in [3.05, 3.63) is 70.5 Å². The van der Waals surface area contributed by atoms with Crippen molar-refractivity contribution < 1.29 is 19.0 Å². The van der Waals surface area contributed by atoms with Crippen LogP contribution in [0.3, 0.4) is 0 Å². The molecule has 23 heavy (non-hydrogen) atoms. The van der Waals surface area contributed by atoms with Gasteiger partial charge in [-0.05, 0) is 35.4 Å². The number of hydrogen-bond donors (Lipinski definition) is 2. The summed E-state index contributed by atoms with van der Waals surface area (Å²) in [5, 5.41) is 12.1. The van der Waals surface area contributed by atoms with Gasteiger partial charge in [0.2, 0.25) is 0 Å². The molecule has 2 aromatic carbocycles.